The average Bonchev–Trinajstić information content (AvgIpc) is 3.28. The molecular weight excluding hydrogens is 536 g/mol. The minimum Gasteiger partial charge on any atom is -0.308 e. The maximum atomic E-state index is 13.6. The van der Waals surface area contributed by atoms with Crippen molar-refractivity contribution in [3.05, 3.63) is 48.0 Å². The molecule has 0 saturated carbocycles. The molecule has 1 aliphatic rings. The van der Waals surface area contributed by atoms with Gasteiger partial charge in [-0.25, -0.2) is 13.4 Å². The first kappa shape index (κ1) is 28.9. The highest BCUT2D eigenvalue weighted by Crippen LogP contribution is 2.34. The normalized spacial score (nSPS) is 15.2. The number of para-hydroxylation sites is 1. The van der Waals surface area contributed by atoms with Gasteiger partial charge in [-0.15, -0.1) is 24.2 Å². The van der Waals surface area contributed by atoms with Crippen LogP contribution in [-0.4, -0.2) is 75.0 Å². The van der Waals surface area contributed by atoms with Gasteiger partial charge in [0.2, 0.25) is 10.0 Å². The molecule has 3 aromatic rings. The number of carbonyl (C=O) groups excluding carboxylic acids is 1. The van der Waals surface area contributed by atoms with Crippen LogP contribution in [0.1, 0.15) is 30.1 Å². The molecule has 0 aliphatic carbocycles. The lowest BCUT2D eigenvalue weighted by atomic mass is 10.0. The molecular formula is C25H33ClN4O3S3. The van der Waals surface area contributed by atoms with Crippen molar-refractivity contribution in [2.24, 2.45) is 5.92 Å². The van der Waals surface area contributed by atoms with Crippen LogP contribution in [0.15, 0.2) is 52.3 Å². The fourth-order valence-corrected chi connectivity index (χ4v) is 7.19. The van der Waals surface area contributed by atoms with Crippen LogP contribution in [0.2, 0.25) is 0 Å². The summed E-state index contributed by atoms with van der Waals surface area (Å²) in [5.74, 6) is 0.358. The molecule has 196 valence electrons. The number of sulfonamides is 1. The van der Waals surface area contributed by atoms with E-state index < -0.39 is 10.0 Å². The molecule has 0 unspecified atom stereocenters. The molecule has 4 rings (SSSR count). The van der Waals surface area contributed by atoms with Crippen LogP contribution < -0.4 is 4.90 Å². The summed E-state index contributed by atoms with van der Waals surface area (Å²) < 4.78 is 28.8. The molecule has 2 heterocycles. The SMILES string of the molecule is CSc1cccc2sc(N(CCN(C)C)C(=O)c3ccc(S(=O)(=O)N4CCC(C)CC4)cc3)nc12.Cl. The van der Waals surface area contributed by atoms with Crippen LogP contribution in [0.5, 0.6) is 0 Å². The zero-order valence-corrected chi connectivity index (χ0v) is 24.3. The molecule has 0 radical (unpaired) electrons. The summed E-state index contributed by atoms with van der Waals surface area (Å²) in [5.41, 5.74) is 1.35. The van der Waals surface area contributed by atoms with E-state index in [1.165, 1.54) is 11.3 Å². The maximum absolute atomic E-state index is 13.6. The first-order chi connectivity index (χ1) is 16.7. The molecule has 1 aliphatic heterocycles. The first-order valence-corrected chi connectivity index (χ1v) is 15.2. The second-order valence-electron chi connectivity index (χ2n) is 9.17. The number of likely N-dealkylation sites (N-methyl/N-ethyl adjacent to an activating group) is 1. The first-order valence-electron chi connectivity index (χ1n) is 11.7. The summed E-state index contributed by atoms with van der Waals surface area (Å²) >= 11 is 3.13. The van der Waals surface area contributed by atoms with Crippen LogP contribution in [0.3, 0.4) is 0 Å². The highest BCUT2D eigenvalue weighted by molar-refractivity contribution is 7.98. The lowest BCUT2D eigenvalue weighted by Crippen LogP contribution is -2.38. The van der Waals surface area contributed by atoms with E-state index in [2.05, 4.69) is 6.92 Å². The van der Waals surface area contributed by atoms with Crippen molar-refractivity contribution >= 4 is 66.8 Å². The Balaban J connectivity index is 0.00000361. The smallest absolute Gasteiger partial charge is 0.260 e. The third kappa shape index (κ3) is 6.23. The molecule has 0 atom stereocenters. The predicted molar refractivity (Wildman–Crippen MR) is 152 cm³/mol. The predicted octanol–water partition coefficient (Wildman–Crippen LogP) is 5.07. The lowest BCUT2D eigenvalue weighted by Gasteiger charge is -2.29. The van der Waals surface area contributed by atoms with Gasteiger partial charge in [-0.3, -0.25) is 9.69 Å². The monoisotopic (exact) mass is 568 g/mol. The fraction of sp³-hybridized carbons (Fsp3) is 0.440. The van der Waals surface area contributed by atoms with Gasteiger partial charge >= 0.3 is 0 Å². The van der Waals surface area contributed by atoms with E-state index >= 15 is 0 Å². The van der Waals surface area contributed by atoms with Gasteiger partial charge in [0.05, 0.1) is 15.1 Å². The number of piperidine rings is 1. The van der Waals surface area contributed by atoms with Gasteiger partial charge < -0.3 is 4.90 Å². The van der Waals surface area contributed by atoms with Crippen LogP contribution in [0, 0.1) is 5.92 Å². The number of nitrogens with zero attached hydrogens (tertiary/aromatic N) is 4. The van der Waals surface area contributed by atoms with Gasteiger partial charge in [-0.05, 0) is 75.5 Å². The Labute approximate surface area is 228 Å². The number of carbonyl (C=O) groups is 1. The second kappa shape index (κ2) is 12.2. The summed E-state index contributed by atoms with van der Waals surface area (Å²) in [5, 5.41) is 0.646. The number of amides is 1. The average molecular weight is 569 g/mol. The number of hydrogen-bond donors (Lipinski definition) is 0. The van der Waals surface area contributed by atoms with Gasteiger partial charge in [-0.2, -0.15) is 4.31 Å². The quantitative estimate of drug-likeness (QED) is 0.353. The number of anilines is 1. The number of hydrogen-bond acceptors (Lipinski definition) is 7. The molecule has 36 heavy (non-hydrogen) atoms. The van der Waals surface area contributed by atoms with Crippen molar-refractivity contribution < 1.29 is 13.2 Å². The van der Waals surface area contributed by atoms with Crippen molar-refractivity contribution in [3.8, 4) is 0 Å². The van der Waals surface area contributed by atoms with E-state index in [-0.39, 0.29) is 23.2 Å². The van der Waals surface area contributed by atoms with E-state index in [1.807, 2.05) is 43.5 Å². The van der Waals surface area contributed by atoms with Crippen molar-refractivity contribution in [2.45, 2.75) is 29.6 Å². The minimum atomic E-state index is -3.56. The van der Waals surface area contributed by atoms with E-state index in [4.69, 9.17) is 4.98 Å². The van der Waals surface area contributed by atoms with Crippen LogP contribution in [-0.2, 0) is 10.0 Å². The van der Waals surface area contributed by atoms with Gasteiger partial charge in [-0.1, -0.05) is 24.3 Å². The molecule has 1 amide bonds. The maximum Gasteiger partial charge on any atom is 0.260 e. The molecule has 7 nitrogen and oxygen atoms in total. The van der Waals surface area contributed by atoms with Crippen molar-refractivity contribution in [3.63, 3.8) is 0 Å². The summed E-state index contributed by atoms with van der Waals surface area (Å²) in [4.78, 5) is 23.4. The number of halogens is 1. The Bertz CT molecular complexity index is 1290. The number of fused-ring (bicyclic) bond motifs is 1. The molecule has 1 aromatic heterocycles. The lowest BCUT2D eigenvalue weighted by molar-refractivity contribution is 0.0985. The topological polar surface area (TPSA) is 73.8 Å². The zero-order valence-electron chi connectivity index (χ0n) is 21.0. The summed E-state index contributed by atoms with van der Waals surface area (Å²) in [6.07, 6.45) is 3.76. The van der Waals surface area contributed by atoms with Crippen molar-refractivity contribution in [1.29, 1.82) is 0 Å². The molecule has 1 fully saturated rings. The second-order valence-corrected chi connectivity index (χ2v) is 13.0. The van der Waals surface area contributed by atoms with Crippen molar-refractivity contribution in [1.82, 2.24) is 14.2 Å². The standard InChI is InChI=1S/C25H32N4O3S3.ClH/c1-18-12-14-28(15-13-18)35(31,32)20-10-8-19(9-11-20)24(30)29(17-16-27(2)3)25-26-23-21(33-4)6-5-7-22(23)34-25;/h5-11,18H,12-17H2,1-4H3;1H. The fourth-order valence-electron chi connectivity index (χ4n) is 4.08. The molecule has 0 N–H and O–H groups in total. The van der Waals surface area contributed by atoms with Crippen LogP contribution in [0.25, 0.3) is 10.2 Å². The van der Waals surface area contributed by atoms with E-state index in [1.54, 1.807) is 45.2 Å². The van der Waals surface area contributed by atoms with Gasteiger partial charge in [0.1, 0.15) is 0 Å². The Morgan fingerprint density at radius 2 is 1.78 bits per heavy atom. The Kier molecular flexibility index (Phi) is 9.81. The van der Waals surface area contributed by atoms with Gasteiger partial charge in [0.25, 0.3) is 5.91 Å². The summed E-state index contributed by atoms with van der Waals surface area (Å²) in [6, 6.07) is 12.4. The number of benzene rings is 2. The van der Waals surface area contributed by atoms with Crippen LogP contribution in [0.4, 0.5) is 5.13 Å². The van der Waals surface area contributed by atoms with E-state index in [0.29, 0.717) is 42.8 Å². The molecule has 2 aromatic carbocycles. The highest BCUT2D eigenvalue weighted by atomic mass is 35.5. The minimum absolute atomic E-state index is 0. The summed E-state index contributed by atoms with van der Waals surface area (Å²) in [7, 11) is 0.375. The molecule has 0 spiro atoms. The summed E-state index contributed by atoms with van der Waals surface area (Å²) in [6.45, 7) is 4.39. The van der Waals surface area contributed by atoms with E-state index in [0.717, 1.165) is 28.0 Å². The number of thioether (sulfide) groups is 1. The van der Waals surface area contributed by atoms with Gasteiger partial charge in [0, 0.05) is 36.6 Å². The van der Waals surface area contributed by atoms with Gasteiger partial charge in [0.15, 0.2) is 5.13 Å². The third-order valence-electron chi connectivity index (χ3n) is 6.32. The van der Waals surface area contributed by atoms with Crippen LogP contribution >= 0.6 is 35.5 Å². The Morgan fingerprint density at radius 1 is 1.11 bits per heavy atom. The largest absolute Gasteiger partial charge is 0.308 e. The Morgan fingerprint density at radius 3 is 2.39 bits per heavy atom. The molecule has 1 saturated heterocycles. The Hall–Kier alpha value is -1.69. The zero-order chi connectivity index (χ0) is 25.2. The van der Waals surface area contributed by atoms with Crippen molar-refractivity contribution in [2.75, 3.05) is 51.4 Å². The highest BCUT2D eigenvalue weighted by Gasteiger charge is 2.29. The number of aromatic nitrogens is 1. The number of thiazole rings is 1. The van der Waals surface area contributed by atoms with E-state index in [9.17, 15) is 13.2 Å². The number of rotatable bonds is 8. The molecule has 0 bridgehead atoms. The molecule has 11 heteroatoms. The third-order valence-corrected chi connectivity index (χ3v) is 10.0.